The largest absolute Gasteiger partial charge is 0.454 e. The van der Waals surface area contributed by atoms with E-state index in [2.05, 4.69) is 184 Å². The zero-order valence-electron chi connectivity index (χ0n) is 33.9. The normalized spacial score (nSPS) is 11.8. The summed E-state index contributed by atoms with van der Waals surface area (Å²) in [6.45, 7) is 0. The number of benzene rings is 8. The SMILES string of the molecule is c1ccc(-c2cc(-n3c4ccccc4c4cc(-c5ccc6c7ccccc7n(-c7cccc(-c8ccc9oc%10cccnc%10c9c8)c7)c6c5)ccc43)nc(-c3ccccc3)n2)cc1. The molecular weight excluding hydrogens is 771 g/mol. The van der Waals surface area contributed by atoms with Crippen LogP contribution in [0.5, 0.6) is 0 Å². The number of furan rings is 1. The van der Waals surface area contributed by atoms with Crippen LogP contribution in [0.25, 0.3) is 122 Å². The summed E-state index contributed by atoms with van der Waals surface area (Å²) in [5, 5.41) is 5.77. The second kappa shape index (κ2) is 14.0. The predicted octanol–water partition coefficient (Wildman–Crippen LogP) is 14.6. The zero-order valence-corrected chi connectivity index (χ0v) is 33.9. The molecule has 0 aliphatic rings. The molecule has 0 spiro atoms. The highest BCUT2D eigenvalue weighted by Gasteiger charge is 2.19. The minimum atomic E-state index is 0.689. The third-order valence-corrected chi connectivity index (χ3v) is 12.4. The van der Waals surface area contributed by atoms with Gasteiger partial charge in [-0.25, -0.2) is 9.97 Å². The Labute approximate surface area is 361 Å². The van der Waals surface area contributed by atoms with Gasteiger partial charge in [-0.05, 0) is 89.0 Å². The fraction of sp³-hybridized carbons (Fsp3) is 0. The Kier molecular flexibility index (Phi) is 7.80. The van der Waals surface area contributed by atoms with Crippen molar-refractivity contribution in [3.05, 3.63) is 212 Å². The number of nitrogens with zero attached hydrogens (tertiary/aromatic N) is 5. The van der Waals surface area contributed by atoms with Crippen molar-refractivity contribution in [2.24, 2.45) is 0 Å². The summed E-state index contributed by atoms with van der Waals surface area (Å²) >= 11 is 0. The standard InChI is InChI=1S/C57H35N5O/c1-3-13-36(14-4-1)48-35-55(60-57(59-48)37-15-5-2-6-16-37)62-50-22-10-8-20-44(50)46-32-39(25-28-51(46)62)41-24-27-45-43-19-7-9-21-49(43)61(52(45)34-41)42-18-11-17-38(31-42)40-26-29-53-47(33-40)56-54(63-53)23-12-30-58-56/h1-35H. The average Bonchev–Trinajstić information content (AvgIpc) is 4.01. The van der Waals surface area contributed by atoms with E-state index >= 15 is 0 Å². The van der Waals surface area contributed by atoms with Crippen LogP contribution in [0.15, 0.2) is 217 Å². The number of fused-ring (bicyclic) bond motifs is 9. The van der Waals surface area contributed by atoms with E-state index in [1.807, 2.05) is 42.6 Å². The molecule has 13 rings (SSSR count). The zero-order chi connectivity index (χ0) is 41.4. The number of hydrogen-bond acceptors (Lipinski definition) is 4. The Hall–Kier alpha value is -8.61. The molecule has 0 unspecified atom stereocenters. The molecule has 0 bridgehead atoms. The number of aromatic nitrogens is 5. The number of rotatable bonds is 6. The Morgan fingerprint density at radius 3 is 1.79 bits per heavy atom. The van der Waals surface area contributed by atoms with Gasteiger partial charge in [-0.2, -0.15) is 0 Å². The lowest BCUT2D eigenvalue weighted by Gasteiger charge is -2.12. The van der Waals surface area contributed by atoms with Crippen LogP contribution in [0.1, 0.15) is 0 Å². The molecular formula is C57H35N5O. The van der Waals surface area contributed by atoms with Crippen LogP contribution in [-0.4, -0.2) is 24.1 Å². The number of hydrogen-bond donors (Lipinski definition) is 0. The number of para-hydroxylation sites is 2. The van der Waals surface area contributed by atoms with Crippen LogP contribution in [0.2, 0.25) is 0 Å². The smallest absolute Gasteiger partial charge is 0.162 e. The quantitative estimate of drug-likeness (QED) is 0.168. The van der Waals surface area contributed by atoms with Gasteiger partial charge in [-0.15, -0.1) is 0 Å². The van der Waals surface area contributed by atoms with Crippen molar-refractivity contribution in [3.63, 3.8) is 0 Å². The van der Waals surface area contributed by atoms with E-state index in [-0.39, 0.29) is 0 Å². The van der Waals surface area contributed by atoms with Crippen molar-refractivity contribution in [1.29, 1.82) is 0 Å². The van der Waals surface area contributed by atoms with Crippen LogP contribution >= 0.6 is 0 Å². The van der Waals surface area contributed by atoms with E-state index < -0.39 is 0 Å². The highest BCUT2D eigenvalue weighted by Crippen LogP contribution is 2.40. The van der Waals surface area contributed by atoms with Gasteiger partial charge in [-0.1, -0.05) is 133 Å². The third-order valence-electron chi connectivity index (χ3n) is 12.4. The molecule has 63 heavy (non-hydrogen) atoms. The van der Waals surface area contributed by atoms with Gasteiger partial charge in [0, 0.05) is 56.0 Å². The highest BCUT2D eigenvalue weighted by molar-refractivity contribution is 6.12. The maximum Gasteiger partial charge on any atom is 0.162 e. The van der Waals surface area contributed by atoms with Crippen LogP contribution in [0.4, 0.5) is 0 Å². The van der Waals surface area contributed by atoms with E-state index in [0.29, 0.717) is 5.82 Å². The molecule has 5 heterocycles. The van der Waals surface area contributed by atoms with Crippen LogP contribution < -0.4 is 0 Å². The molecule has 0 fully saturated rings. The minimum Gasteiger partial charge on any atom is -0.454 e. The Bertz CT molecular complexity index is 3860. The van der Waals surface area contributed by atoms with Crippen molar-refractivity contribution in [2.75, 3.05) is 0 Å². The van der Waals surface area contributed by atoms with Gasteiger partial charge in [-0.3, -0.25) is 9.55 Å². The van der Waals surface area contributed by atoms with E-state index in [1.54, 1.807) is 0 Å². The van der Waals surface area contributed by atoms with Gasteiger partial charge < -0.3 is 8.98 Å². The first-order valence-corrected chi connectivity index (χ1v) is 21.2. The Balaban J connectivity index is 0.961. The maximum atomic E-state index is 6.10. The lowest BCUT2D eigenvalue weighted by atomic mass is 10.0. The molecule has 8 aromatic carbocycles. The van der Waals surface area contributed by atoms with Crippen molar-refractivity contribution in [2.45, 2.75) is 0 Å². The average molecular weight is 806 g/mol. The summed E-state index contributed by atoms with van der Waals surface area (Å²) in [7, 11) is 0. The molecule has 0 N–H and O–H groups in total. The van der Waals surface area contributed by atoms with Gasteiger partial charge in [0.25, 0.3) is 0 Å². The van der Waals surface area contributed by atoms with Crippen LogP contribution in [-0.2, 0) is 0 Å². The molecule has 0 atom stereocenters. The molecule has 5 aromatic heterocycles. The molecule has 294 valence electrons. The molecule has 0 aliphatic heterocycles. The lowest BCUT2D eigenvalue weighted by molar-refractivity contribution is 0.668. The van der Waals surface area contributed by atoms with Crippen molar-refractivity contribution in [1.82, 2.24) is 24.1 Å². The van der Waals surface area contributed by atoms with Gasteiger partial charge in [0.1, 0.15) is 16.9 Å². The van der Waals surface area contributed by atoms with Crippen molar-refractivity contribution < 1.29 is 4.42 Å². The first-order chi connectivity index (χ1) is 31.2. The molecule has 0 aliphatic carbocycles. The summed E-state index contributed by atoms with van der Waals surface area (Å²) in [4.78, 5) is 14.9. The first-order valence-electron chi connectivity index (χ1n) is 21.2. The van der Waals surface area contributed by atoms with Crippen molar-refractivity contribution >= 4 is 65.7 Å². The van der Waals surface area contributed by atoms with Gasteiger partial charge in [0.2, 0.25) is 0 Å². The maximum absolute atomic E-state index is 6.10. The first kappa shape index (κ1) is 35.2. The van der Waals surface area contributed by atoms with Crippen LogP contribution in [0, 0.1) is 0 Å². The molecule has 0 radical (unpaired) electrons. The predicted molar refractivity (Wildman–Crippen MR) is 258 cm³/mol. The summed E-state index contributed by atoms with van der Waals surface area (Å²) in [5.41, 5.74) is 15.5. The Morgan fingerprint density at radius 1 is 0.349 bits per heavy atom. The van der Waals surface area contributed by atoms with Gasteiger partial charge >= 0.3 is 0 Å². The molecule has 0 saturated carbocycles. The summed E-state index contributed by atoms with van der Waals surface area (Å²) in [5.74, 6) is 1.51. The lowest BCUT2D eigenvalue weighted by Crippen LogP contribution is -2.02. The second-order valence-corrected chi connectivity index (χ2v) is 16.0. The van der Waals surface area contributed by atoms with Crippen LogP contribution in [0.3, 0.4) is 0 Å². The number of pyridine rings is 1. The van der Waals surface area contributed by atoms with Gasteiger partial charge in [0.05, 0.1) is 27.8 Å². The molecule has 0 amide bonds. The topological polar surface area (TPSA) is 61.7 Å². The van der Waals surface area contributed by atoms with E-state index in [9.17, 15) is 0 Å². The monoisotopic (exact) mass is 805 g/mol. The van der Waals surface area contributed by atoms with E-state index in [4.69, 9.17) is 14.4 Å². The summed E-state index contributed by atoms with van der Waals surface area (Å²) in [6.07, 6.45) is 1.82. The minimum absolute atomic E-state index is 0.689. The Morgan fingerprint density at radius 2 is 0.968 bits per heavy atom. The second-order valence-electron chi connectivity index (χ2n) is 16.0. The van der Waals surface area contributed by atoms with E-state index in [0.717, 1.165) is 100 Å². The molecule has 6 heteroatoms. The summed E-state index contributed by atoms with van der Waals surface area (Å²) < 4.78 is 10.8. The summed E-state index contributed by atoms with van der Waals surface area (Å²) in [6, 6.07) is 72.8. The fourth-order valence-electron chi connectivity index (χ4n) is 9.45. The van der Waals surface area contributed by atoms with E-state index in [1.165, 1.54) is 16.2 Å². The van der Waals surface area contributed by atoms with Gasteiger partial charge in [0.15, 0.2) is 11.4 Å². The highest BCUT2D eigenvalue weighted by atomic mass is 16.3. The molecule has 6 nitrogen and oxygen atoms in total. The third kappa shape index (κ3) is 5.69. The van der Waals surface area contributed by atoms with Crippen molar-refractivity contribution in [3.8, 4) is 56.4 Å². The molecule has 13 aromatic rings. The fourth-order valence-corrected chi connectivity index (χ4v) is 9.45. The molecule has 0 saturated heterocycles.